The maximum Gasteiger partial charge on any atom is 0.132 e. The van der Waals surface area contributed by atoms with Gasteiger partial charge in [0, 0.05) is 16.7 Å². The standard InChI is InChI=1S/C14H17BrN2O/c1-10(2)17-8-13(16-11(17)3)9-18-14-6-4-5-12(15)7-14/h4-8,10H,9H2,1-3H3. The Kier molecular flexibility index (Phi) is 4.07. The van der Waals surface area contributed by atoms with Crippen LogP contribution in [0.1, 0.15) is 31.4 Å². The number of nitrogens with zero attached hydrogens (tertiary/aromatic N) is 2. The lowest BCUT2D eigenvalue weighted by atomic mass is 10.3. The van der Waals surface area contributed by atoms with Crippen LogP contribution in [0.2, 0.25) is 0 Å². The molecule has 0 amide bonds. The van der Waals surface area contributed by atoms with Crippen molar-refractivity contribution in [2.45, 2.75) is 33.4 Å². The zero-order chi connectivity index (χ0) is 13.1. The number of imidazole rings is 1. The largest absolute Gasteiger partial charge is 0.487 e. The molecule has 0 fully saturated rings. The van der Waals surface area contributed by atoms with E-state index in [9.17, 15) is 0 Å². The van der Waals surface area contributed by atoms with E-state index in [2.05, 4.69) is 45.5 Å². The summed E-state index contributed by atoms with van der Waals surface area (Å²) in [5.74, 6) is 1.87. The van der Waals surface area contributed by atoms with Gasteiger partial charge in [0.25, 0.3) is 0 Å². The molecular weight excluding hydrogens is 292 g/mol. The second kappa shape index (κ2) is 5.57. The number of aryl methyl sites for hydroxylation is 1. The average molecular weight is 309 g/mol. The summed E-state index contributed by atoms with van der Waals surface area (Å²) in [4.78, 5) is 4.50. The minimum atomic E-state index is 0.428. The lowest BCUT2D eigenvalue weighted by molar-refractivity contribution is 0.301. The first-order valence-corrected chi connectivity index (χ1v) is 6.78. The van der Waals surface area contributed by atoms with Crippen molar-refractivity contribution in [1.29, 1.82) is 0 Å². The van der Waals surface area contributed by atoms with E-state index in [0.29, 0.717) is 12.6 Å². The van der Waals surface area contributed by atoms with Crippen LogP contribution in [0.15, 0.2) is 34.9 Å². The van der Waals surface area contributed by atoms with Gasteiger partial charge in [0.1, 0.15) is 18.2 Å². The number of benzene rings is 1. The minimum Gasteiger partial charge on any atom is -0.487 e. The Hall–Kier alpha value is -1.29. The number of halogens is 1. The van der Waals surface area contributed by atoms with Gasteiger partial charge < -0.3 is 9.30 Å². The fourth-order valence-corrected chi connectivity index (χ4v) is 2.23. The molecule has 0 bridgehead atoms. The van der Waals surface area contributed by atoms with E-state index in [1.165, 1.54) is 0 Å². The zero-order valence-electron chi connectivity index (χ0n) is 10.9. The summed E-state index contributed by atoms with van der Waals surface area (Å²) >= 11 is 3.42. The van der Waals surface area contributed by atoms with Crippen LogP contribution in [0.25, 0.3) is 0 Å². The van der Waals surface area contributed by atoms with Gasteiger partial charge in [-0.2, -0.15) is 0 Å². The van der Waals surface area contributed by atoms with Crippen molar-refractivity contribution >= 4 is 15.9 Å². The molecule has 0 aliphatic heterocycles. The molecule has 1 heterocycles. The van der Waals surface area contributed by atoms with E-state index in [1.807, 2.05) is 31.2 Å². The lowest BCUT2D eigenvalue weighted by Crippen LogP contribution is -2.00. The summed E-state index contributed by atoms with van der Waals surface area (Å²) in [6.45, 7) is 6.81. The Morgan fingerprint density at radius 1 is 1.39 bits per heavy atom. The van der Waals surface area contributed by atoms with Crippen molar-refractivity contribution in [3.63, 3.8) is 0 Å². The number of rotatable bonds is 4. The summed E-state index contributed by atoms with van der Waals surface area (Å²) < 4.78 is 8.88. The first-order chi connectivity index (χ1) is 8.56. The van der Waals surface area contributed by atoms with Crippen LogP contribution in [0.4, 0.5) is 0 Å². The molecule has 0 aliphatic carbocycles. The number of hydrogen-bond acceptors (Lipinski definition) is 2. The van der Waals surface area contributed by atoms with Gasteiger partial charge in [-0.1, -0.05) is 22.0 Å². The Labute approximate surface area is 116 Å². The minimum absolute atomic E-state index is 0.428. The Balaban J connectivity index is 2.04. The van der Waals surface area contributed by atoms with Crippen LogP contribution < -0.4 is 4.74 Å². The topological polar surface area (TPSA) is 27.1 Å². The third-order valence-corrected chi connectivity index (χ3v) is 3.20. The highest BCUT2D eigenvalue weighted by molar-refractivity contribution is 9.10. The third kappa shape index (κ3) is 3.13. The zero-order valence-corrected chi connectivity index (χ0v) is 12.4. The first-order valence-electron chi connectivity index (χ1n) is 5.99. The molecule has 4 heteroatoms. The van der Waals surface area contributed by atoms with Crippen LogP contribution in [0.5, 0.6) is 5.75 Å². The summed E-state index contributed by atoms with van der Waals surface area (Å²) in [7, 11) is 0. The molecule has 0 saturated carbocycles. The van der Waals surface area contributed by atoms with Gasteiger partial charge in [-0.15, -0.1) is 0 Å². The molecule has 0 N–H and O–H groups in total. The summed E-state index contributed by atoms with van der Waals surface area (Å²) in [5.41, 5.74) is 0.959. The van der Waals surface area contributed by atoms with Crippen LogP contribution >= 0.6 is 15.9 Å². The van der Waals surface area contributed by atoms with E-state index in [4.69, 9.17) is 4.74 Å². The fraction of sp³-hybridized carbons (Fsp3) is 0.357. The van der Waals surface area contributed by atoms with Crippen LogP contribution in [-0.4, -0.2) is 9.55 Å². The normalized spacial score (nSPS) is 10.9. The second-order valence-electron chi connectivity index (χ2n) is 4.53. The van der Waals surface area contributed by atoms with Crippen molar-refractivity contribution in [3.8, 4) is 5.75 Å². The quantitative estimate of drug-likeness (QED) is 0.849. The van der Waals surface area contributed by atoms with E-state index >= 15 is 0 Å². The molecule has 1 aromatic carbocycles. The monoisotopic (exact) mass is 308 g/mol. The molecule has 0 radical (unpaired) electrons. The number of hydrogen-bond donors (Lipinski definition) is 0. The van der Waals surface area contributed by atoms with Gasteiger partial charge in [0.05, 0.1) is 5.69 Å². The van der Waals surface area contributed by atoms with Crippen molar-refractivity contribution in [2.24, 2.45) is 0 Å². The number of ether oxygens (including phenoxy) is 1. The van der Waals surface area contributed by atoms with Gasteiger partial charge in [-0.3, -0.25) is 0 Å². The van der Waals surface area contributed by atoms with Crippen molar-refractivity contribution in [1.82, 2.24) is 9.55 Å². The van der Waals surface area contributed by atoms with Gasteiger partial charge in [0.15, 0.2) is 0 Å². The van der Waals surface area contributed by atoms with Gasteiger partial charge in [0.2, 0.25) is 0 Å². The number of aromatic nitrogens is 2. The maximum absolute atomic E-state index is 5.72. The smallest absolute Gasteiger partial charge is 0.132 e. The fourth-order valence-electron chi connectivity index (χ4n) is 1.85. The molecule has 2 aromatic rings. The predicted octanol–water partition coefficient (Wildman–Crippen LogP) is 4.11. The molecule has 0 saturated heterocycles. The maximum atomic E-state index is 5.72. The second-order valence-corrected chi connectivity index (χ2v) is 5.44. The summed E-state index contributed by atoms with van der Waals surface area (Å²) in [6, 6.07) is 8.25. The molecule has 1 aromatic heterocycles. The van der Waals surface area contributed by atoms with E-state index in [0.717, 1.165) is 21.7 Å². The van der Waals surface area contributed by atoms with Crippen molar-refractivity contribution < 1.29 is 4.74 Å². The molecule has 0 atom stereocenters. The third-order valence-electron chi connectivity index (χ3n) is 2.71. The predicted molar refractivity (Wildman–Crippen MR) is 75.8 cm³/mol. The highest BCUT2D eigenvalue weighted by Gasteiger charge is 2.07. The molecule has 18 heavy (non-hydrogen) atoms. The molecule has 0 unspecified atom stereocenters. The summed E-state index contributed by atoms with van der Waals surface area (Å²) in [5, 5.41) is 0. The average Bonchev–Trinajstić information content (AvgIpc) is 2.68. The summed E-state index contributed by atoms with van der Waals surface area (Å²) in [6.07, 6.45) is 2.05. The van der Waals surface area contributed by atoms with Gasteiger partial charge >= 0.3 is 0 Å². The molecule has 0 spiro atoms. The van der Waals surface area contributed by atoms with Crippen LogP contribution in [0, 0.1) is 6.92 Å². The molecule has 2 rings (SSSR count). The Bertz CT molecular complexity index is 534. The molecule has 96 valence electrons. The lowest BCUT2D eigenvalue weighted by Gasteiger charge is -2.07. The highest BCUT2D eigenvalue weighted by Crippen LogP contribution is 2.19. The first kappa shape index (κ1) is 13.1. The van der Waals surface area contributed by atoms with Crippen molar-refractivity contribution in [2.75, 3.05) is 0 Å². The highest BCUT2D eigenvalue weighted by atomic mass is 79.9. The SMILES string of the molecule is Cc1nc(COc2cccc(Br)c2)cn1C(C)C. The van der Waals surface area contributed by atoms with E-state index in [-0.39, 0.29) is 0 Å². The van der Waals surface area contributed by atoms with E-state index < -0.39 is 0 Å². The van der Waals surface area contributed by atoms with Crippen molar-refractivity contribution in [3.05, 3.63) is 46.5 Å². The molecular formula is C14H17BrN2O. The van der Waals surface area contributed by atoms with E-state index in [1.54, 1.807) is 0 Å². The molecule has 0 aliphatic rings. The van der Waals surface area contributed by atoms with Gasteiger partial charge in [-0.25, -0.2) is 4.98 Å². The molecule has 3 nitrogen and oxygen atoms in total. The van der Waals surface area contributed by atoms with Crippen LogP contribution in [0.3, 0.4) is 0 Å². The Morgan fingerprint density at radius 2 is 2.17 bits per heavy atom. The Morgan fingerprint density at radius 3 is 2.78 bits per heavy atom. The van der Waals surface area contributed by atoms with Crippen LogP contribution in [-0.2, 0) is 6.61 Å². The van der Waals surface area contributed by atoms with Gasteiger partial charge in [-0.05, 0) is 39.0 Å².